The number of rotatable bonds is 4. The highest BCUT2D eigenvalue weighted by Gasteiger charge is 2.10. The van der Waals surface area contributed by atoms with E-state index in [1.807, 2.05) is 13.8 Å². The summed E-state index contributed by atoms with van der Waals surface area (Å²) in [5, 5.41) is 2.84. The second kappa shape index (κ2) is 5.83. The average molecular weight is 254 g/mol. The van der Waals surface area contributed by atoms with E-state index < -0.39 is 0 Å². The van der Waals surface area contributed by atoms with Crippen molar-refractivity contribution in [2.24, 2.45) is 0 Å². The van der Waals surface area contributed by atoms with Crippen molar-refractivity contribution in [1.29, 1.82) is 0 Å². The standard InChI is InChI=1S/C11H14N2OS2/c1-4-5-7(2)12-10(14)6-9-8(3)13-11(15)16-9/h1,7H,5-6H2,2-3H3,(H,12,14)(H,13,15). The van der Waals surface area contributed by atoms with Crippen molar-refractivity contribution in [3.8, 4) is 12.3 Å². The molecule has 2 N–H and O–H groups in total. The molecule has 86 valence electrons. The molecule has 1 atom stereocenters. The number of carbonyl (C=O) groups is 1. The lowest BCUT2D eigenvalue weighted by Crippen LogP contribution is -2.33. The number of H-pyrrole nitrogens is 1. The van der Waals surface area contributed by atoms with E-state index in [4.69, 9.17) is 18.6 Å². The smallest absolute Gasteiger partial charge is 0.225 e. The molecule has 1 aromatic heterocycles. The monoisotopic (exact) mass is 254 g/mol. The van der Waals surface area contributed by atoms with E-state index >= 15 is 0 Å². The number of hydrogen-bond acceptors (Lipinski definition) is 3. The first-order valence-corrected chi connectivity index (χ1v) is 6.16. The number of aromatic amines is 1. The van der Waals surface area contributed by atoms with Crippen molar-refractivity contribution in [2.75, 3.05) is 0 Å². The van der Waals surface area contributed by atoms with Gasteiger partial charge in [0.25, 0.3) is 0 Å². The number of hydrogen-bond donors (Lipinski definition) is 2. The van der Waals surface area contributed by atoms with Crippen molar-refractivity contribution in [2.45, 2.75) is 32.7 Å². The molecule has 1 rings (SSSR count). The molecule has 0 aliphatic heterocycles. The molecule has 1 heterocycles. The van der Waals surface area contributed by atoms with Crippen molar-refractivity contribution in [3.63, 3.8) is 0 Å². The molecule has 1 unspecified atom stereocenters. The first-order valence-electron chi connectivity index (χ1n) is 4.94. The summed E-state index contributed by atoms with van der Waals surface area (Å²) in [6, 6.07) is 0.0183. The molecular formula is C11H14N2OS2. The number of amides is 1. The molecule has 0 saturated heterocycles. The molecule has 1 amide bonds. The summed E-state index contributed by atoms with van der Waals surface area (Å²) >= 11 is 6.45. The molecule has 0 saturated carbocycles. The fraction of sp³-hybridized carbons (Fsp3) is 0.455. The lowest BCUT2D eigenvalue weighted by Gasteiger charge is -2.10. The maximum atomic E-state index is 11.6. The Morgan fingerprint density at radius 1 is 1.75 bits per heavy atom. The molecule has 0 radical (unpaired) electrons. The molecule has 5 heteroatoms. The molecule has 0 aromatic carbocycles. The van der Waals surface area contributed by atoms with Crippen LogP contribution in [0.3, 0.4) is 0 Å². The lowest BCUT2D eigenvalue weighted by atomic mass is 10.2. The third-order valence-corrected chi connectivity index (χ3v) is 3.41. The summed E-state index contributed by atoms with van der Waals surface area (Å²) in [5.41, 5.74) is 0.967. The lowest BCUT2D eigenvalue weighted by molar-refractivity contribution is -0.120. The zero-order valence-electron chi connectivity index (χ0n) is 9.29. The predicted octanol–water partition coefficient (Wildman–Crippen LogP) is 2.18. The van der Waals surface area contributed by atoms with Crippen LogP contribution in [0.25, 0.3) is 0 Å². The van der Waals surface area contributed by atoms with Crippen molar-refractivity contribution in [3.05, 3.63) is 14.5 Å². The summed E-state index contributed by atoms with van der Waals surface area (Å²) < 4.78 is 0.706. The van der Waals surface area contributed by atoms with E-state index in [0.29, 0.717) is 16.8 Å². The number of thiazole rings is 1. The van der Waals surface area contributed by atoms with Crippen LogP contribution < -0.4 is 5.32 Å². The van der Waals surface area contributed by atoms with Gasteiger partial charge < -0.3 is 10.3 Å². The van der Waals surface area contributed by atoms with E-state index in [1.54, 1.807) is 0 Å². The van der Waals surface area contributed by atoms with Crippen LogP contribution in [0.15, 0.2) is 0 Å². The van der Waals surface area contributed by atoms with Crippen LogP contribution in [0, 0.1) is 23.2 Å². The highest BCUT2D eigenvalue weighted by molar-refractivity contribution is 7.73. The maximum Gasteiger partial charge on any atom is 0.225 e. The fourth-order valence-electron chi connectivity index (χ4n) is 1.30. The Balaban J connectivity index is 2.55. The van der Waals surface area contributed by atoms with Gasteiger partial charge in [0, 0.05) is 23.0 Å². The number of nitrogens with one attached hydrogen (secondary N) is 2. The average Bonchev–Trinajstić information content (AvgIpc) is 2.44. The molecule has 1 aromatic rings. The van der Waals surface area contributed by atoms with Gasteiger partial charge in [0.1, 0.15) is 0 Å². The van der Waals surface area contributed by atoms with Crippen molar-refractivity contribution >= 4 is 29.5 Å². The van der Waals surface area contributed by atoms with Crippen LogP contribution in [0.5, 0.6) is 0 Å². The third-order valence-electron chi connectivity index (χ3n) is 2.08. The minimum Gasteiger partial charge on any atom is -0.352 e. The van der Waals surface area contributed by atoms with Gasteiger partial charge in [0.15, 0.2) is 3.95 Å². The van der Waals surface area contributed by atoms with E-state index in [0.717, 1.165) is 10.6 Å². The third kappa shape index (κ3) is 3.80. The summed E-state index contributed by atoms with van der Waals surface area (Å²) in [4.78, 5) is 15.6. The second-order valence-corrected chi connectivity index (χ2v) is 5.39. The Kier molecular flexibility index (Phi) is 4.71. The van der Waals surface area contributed by atoms with Gasteiger partial charge >= 0.3 is 0 Å². The van der Waals surface area contributed by atoms with E-state index in [2.05, 4.69) is 16.2 Å². The van der Waals surface area contributed by atoms with Gasteiger partial charge in [-0.25, -0.2) is 0 Å². The van der Waals surface area contributed by atoms with Crippen molar-refractivity contribution < 1.29 is 4.79 Å². The molecule has 16 heavy (non-hydrogen) atoms. The van der Waals surface area contributed by atoms with Gasteiger partial charge in [0.05, 0.1) is 6.42 Å². The maximum absolute atomic E-state index is 11.6. The van der Waals surface area contributed by atoms with E-state index in [9.17, 15) is 4.79 Å². The zero-order chi connectivity index (χ0) is 12.1. The van der Waals surface area contributed by atoms with Crippen LogP contribution in [0.1, 0.15) is 23.9 Å². The first kappa shape index (κ1) is 12.9. The largest absolute Gasteiger partial charge is 0.352 e. The van der Waals surface area contributed by atoms with E-state index in [1.165, 1.54) is 11.3 Å². The minimum absolute atomic E-state index is 0.0175. The van der Waals surface area contributed by atoms with Crippen LogP contribution >= 0.6 is 23.6 Å². The Morgan fingerprint density at radius 3 is 2.94 bits per heavy atom. The minimum atomic E-state index is -0.0175. The van der Waals surface area contributed by atoms with Gasteiger partial charge in [-0.15, -0.1) is 23.7 Å². The Hall–Kier alpha value is -1.12. The molecule has 0 fully saturated rings. The highest BCUT2D eigenvalue weighted by atomic mass is 32.1. The van der Waals surface area contributed by atoms with Crippen LogP contribution in [-0.4, -0.2) is 16.9 Å². The number of aryl methyl sites for hydroxylation is 1. The first-order chi connectivity index (χ1) is 7.52. The zero-order valence-corrected chi connectivity index (χ0v) is 10.9. The quantitative estimate of drug-likeness (QED) is 0.639. The van der Waals surface area contributed by atoms with Gasteiger partial charge in [-0.3, -0.25) is 4.79 Å². The van der Waals surface area contributed by atoms with Gasteiger partial charge in [0.2, 0.25) is 5.91 Å². The fourth-order valence-corrected chi connectivity index (χ4v) is 2.60. The summed E-state index contributed by atoms with van der Waals surface area (Å²) in [5.74, 6) is 2.50. The number of carbonyl (C=O) groups excluding carboxylic acids is 1. The van der Waals surface area contributed by atoms with Crippen LogP contribution in [0.2, 0.25) is 0 Å². The van der Waals surface area contributed by atoms with Crippen molar-refractivity contribution in [1.82, 2.24) is 10.3 Å². The Labute approximate surface area is 104 Å². The normalized spacial score (nSPS) is 11.8. The summed E-state index contributed by atoms with van der Waals surface area (Å²) in [7, 11) is 0. The summed E-state index contributed by atoms with van der Waals surface area (Å²) in [6.07, 6.45) is 6.08. The van der Waals surface area contributed by atoms with Gasteiger partial charge in [-0.1, -0.05) is 0 Å². The van der Waals surface area contributed by atoms with E-state index in [-0.39, 0.29) is 11.9 Å². The highest BCUT2D eigenvalue weighted by Crippen LogP contribution is 2.14. The molecule has 0 spiro atoms. The molecule has 0 bridgehead atoms. The van der Waals surface area contributed by atoms with Gasteiger partial charge in [-0.05, 0) is 26.1 Å². The van der Waals surface area contributed by atoms with Crippen LogP contribution in [0.4, 0.5) is 0 Å². The Bertz CT molecular complexity index is 467. The second-order valence-electron chi connectivity index (χ2n) is 3.62. The molecule has 0 aliphatic rings. The topological polar surface area (TPSA) is 44.9 Å². The SMILES string of the molecule is C#CCC(C)NC(=O)Cc1sc(=S)[nH]c1C. The van der Waals surface area contributed by atoms with Gasteiger partial charge in [-0.2, -0.15) is 0 Å². The number of aromatic nitrogens is 1. The Morgan fingerprint density at radius 2 is 2.44 bits per heavy atom. The summed E-state index contributed by atoms with van der Waals surface area (Å²) in [6.45, 7) is 3.81. The predicted molar refractivity (Wildman–Crippen MR) is 69.0 cm³/mol. The number of terminal acetylenes is 1. The molecular weight excluding hydrogens is 240 g/mol. The molecule has 0 aliphatic carbocycles. The molecule has 3 nitrogen and oxygen atoms in total. The van der Waals surface area contributed by atoms with Crippen LogP contribution in [-0.2, 0) is 11.2 Å².